The monoisotopic (exact) mass is 325 g/mol. The van der Waals surface area contributed by atoms with E-state index in [1.54, 1.807) is 12.1 Å². The molecule has 122 valence electrons. The third-order valence-electron chi connectivity index (χ3n) is 3.66. The molecule has 3 aromatic rings. The van der Waals surface area contributed by atoms with Crippen LogP contribution in [0.2, 0.25) is 0 Å². The van der Waals surface area contributed by atoms with Crippen LogP contribution in [0.4, 0.5) is 5.82 Å². The fraction of sp³-hybridized carbons (Fsp3) is 0.188. The maximum Gasteiger partial charge on any atom is 0.332 e. The summed E-state index contributed by atoms with van der Waals surface area (Å²) in [5.74, 6) is -0.0668. The van der Waals surface area contributed by atoms with E-state index in [1.807, 2.05) is 13.0 Å². The topological polar surface area (TPSA) is 98.9 Å². The summed E-state index contributed by atoms with van der Waals surface area (Å²) < 4.78 is 2.23. The predicted octanol–water partition coefficient (Wildman–Crippen LogP) is 0.588. The largest absolute Gasteiger partial charge is 0.332 e. The molecule has 0 aliphatic rings. The van der Waals surface area contributed by atoms with Crippen molar-refractivity contribution in [1.82, 2.24) is 19.1 Å². The van der Waals surface area contributed by atoms with E-state index in [4.69, 9.17) is 0 Å². The number of hydrogen-bond donors (Lipinski definition) is 1. The van der Waals surface area contributed by atoms with Gasteiger partial charge in [-0.3, -0.25) is 18.7 Å². The number of rotatable bonds is 2. The van der Waals surface area contributed by atoms with Crippen LogP contribution < -0.4 is 16.6 Å². The molecule has 0 bridgehead atoms. The average Bonchev–Trinajstić information content (AvgIpc) is 2.57. The molecule has 1 N–H and O–H groups in total. The third kappa shape index (κ3) is 2.58. The molecule has 1 amide bonds. The Morgan fingerprint density at radius 2 is 1.79 bits per heavy atom. The summed E-state index contributed by atoms with van der Waals surface area (Å²) in [6, 6.07) is 8.19. The molecule has 0 atom stereocenters. The SMILES string of the molecule is Cc1cccc(NC(=O)c2ccc3c(=O)n(C)c(=O)n(C)c3n2)n1. The Hall–Kier alpha value is -3.29. The summed E-state index contributed by atoms with van der Waals surface area (Å²) in [7, 11) is 2.90. The van der Waals surface area contributed by atoms with E-state index in [2.05, 4.69) is 15.3 Å². The quantitative estimate of drug-likeness (QED) is 0.743. The number of aryl methyl sites for hydroxylation is 2. The van der Waals surface area contributed by atoms with Gasteiger partial charge in [-0.1, -0.05) is 6.07 Å². The Morgan fingerprint density at radius 1 is 1.04 bits per heavy atom. The smallest absolute Gasteiger partial charge is 0.305 e. The molecule has 3 heterocycles. The van der Waals surface area contributed by atoms with Gasteiger partial charge in [0.2, 0.25) is 0 Å². The number of nitrogens with one attached hydrogen (secondary N) is 1. The molecule has 24 heavy (non-hydrogen) atoms. The van der Waals surface area contributed by atoms with Gasteiger partial charge in [-0.15, -0.1) is 0 Å². The van der Waals surface area contributed by atoms with Crippen LogP contribution in [0.25, 0.3) is 11.0 Å². The summed E-state index contributed by atoms with van der Waals surface area (Å²) in [5.41, 5.74) is 0.0676. The highest BCUT2D eigenvalue weighted by atomic mass is 16.2. The Morgan fingerprint density at radius 3 is 2.50 bits per heavy atom. The van der Waals surface area contributed by atoms with E-state index >= 15 is 0 Å². The van der Waals surface area contributed by atoms with Gasteiger partial charge in [0.15, 0.2) is 0 Å². The number of carbonyl (C=O) groups is 1. The van der Waals surface area contributed by atoms with Gasteiger partial charge in [-0.2, -0.15) is 0 Å². The molecule has 3 aromatic heterocycles. The molecule has 0 saturated heterocycles. The van der Waals surface area contributed by atoms with Gasteiger partial charge in [0.1, 0.15) is 17.2 Å². The van der Waals surface area contributed by atoms with E-state index in [9.17, 15) is 14.4 Å². The molecule has 0 unspecified atom stereocenters. The zero-order chi connectivity index (χ0) is 17.4. The molecule has 8 heteroatoms. The van der Waals surface area contributed by atoms with Crippen molar-refractivity contribution in [2.45, 2.75) is 6.92 Å². The first-order valence-corrected chi connectivity index (χ1v) is 7.20. The van der Waals surface area contributed by atoms with Gasteiger partial charge >= 0.3 is 5.69 Å². The lowest BCUT2D eigenvalue weighted by molar-refractivity contribution is 0.102. The van der Waals surface area contributed by atoms with Gasteiger partial charge in [0, 0.05) is 19.8 Å². The van der Waals surface area contributed by atoms with E-state index < -0.39 is 17.2 Å². The Balaban J connectivity index is 2.06. The number of anilines is 1. The van der Waals surface area contributed by atoms with Crippen molar-refractivity contribution in [1.29, 1.82) is 0 Å². The Labute approximate surface area is 136 Å². The van der Waals surface area contributed by atoms with Crippen LogP contribution in [0.5, 0.6) is 0 Å². The van der Waals surface area contributed by atoms with Crippen LogP contribution in [0, 0.1) is 6.92 Å². The van der Waals surface area contributed by atoms with Crippen LogP contribution in [-0.2, 0) is 14.1 Å². The van der Waals surface area contributed by atoms with E-state index in [0.29, 0.717) is 5.82 Å². The highest BCUT2D eigenvalue weighted by Crippen LogP contribution is 2.09. The van der Waals surface area contributed by atoms with Crippen LogP contribution in [-0.4, -0.2) is 25.0 Å². The van der Waals surface area contributed by atoms with E-state index in [0.717, 1.165) is 10.3 Å². The van der Waals surface area contributed by atoms with Crippen molar-refractivity contribution in [2.24, 2.45) is 14.1 Å². The maximum absolute atomic E-state index is 12.3. The van der Waals surface area contributed by atoms with Crippen LogP contribution in [0.15, 0.2) is 39.9 Å². The highest BCUT2D eigenvalue weighted by molar-refractivity contribution is 6.03. The number of aromatic nitrogens is 4. The van der Waals surface area contributed by atoms with Gasteiger partial charge in [-0.05, 0) is 31.2 Å². The second-order valence-electron chi connectivity index (χ2n) is 5.39. The fourth-order valence-electron chi connectivity index (χ4n) is 2.37. The molecule has 0 fully saturated rings. The van der Waals surface area contributed by atoms with Crippen molar-refractivity contribution in [3.63, 3.8) is 0 Å². The summed E-state index contributed by atoms with van der Waals surface area (Å²) in [6.45, 7) is 1.81. The first-order chi connectivity index (χ1) is 11.4. The van der Waals surface area contributed by atoms with Gasteiger partial charge in [0.25, 0.3) is 11.5 Å². The van der Waals surface area contributed by atoms with Gasteiger partial charge in [-0.25, -0.2) is 14.8 Å². The molecule has 0 aliphatic heterocycles. The van der Waals surface area contributed by atoms with Crippen molar-refractivity contribution in [2.75, 3.05) is 5.32 Å². The second-order valence-corrected chi connectivity index (χ2v) is 5.39. The molecule has 0 radical (unpaired) electrons. The van der Waals surface area contributed by atoms with Gasteiger partial charge in [0.05, 0.1) is 5.39 Å². The maximum atomic E-state index is 12.3. The van der Waals surface area contributed by atoms with E-state index in [-0.39, 0.29) is 16.7 Å². The molecule has 0 aliphatic carbocycles. The second kappa shape index (κ2) is 5.73. The third-order valence-corrected chi connectivity index (χ3v) is 3.66. The molecule has 0 saturated carbocycles. The molecule has 8 nitrogen and oxygen atoms in total. The van der Waals surface area contributed by atoms with Crippen molar-refractivity contribution < 1.29 is 4.79 Å². The summed E-state index contributed by atoms with van der Waals surface area (Å²) in [4.78, 5) is 44.8. The summed E-state index contributed by atoms with van der Waals surface area (Å²) in [6.07, 6.45) is 0. The lowest BCUT2D eigenvalue weighted by Crippen LogP contribution is -2.37. The molecule has 0 aromatic carbocycles. The normalized spacial score (nSPS) is 10.8. The minimum Gasteiger partial charge on any atom is -0.305 e. The molecule has 0 spiro atoms. The number of carbonyl (C=O) groups excluding carboxylic acids is 1. The highest BCUT2D eigenvalue weighted by Gasteiger charge is 2.14. The number of pyridine rings is 2. The van der Waals surface area contributed by atoms with Gasteiger partial charge < -0.3 is 5.32 Å². The van der Waals surface area contributed by atoms with Crippen LogP contribution >= 0.6 is 0 Å². The van der Waals surface area contributed by atoms with E-state index in [1.165, 1.54) is 30.8 Å². The number of hydrogen-bond acceptors (Lipinski definition) is 5. The Kier molecular flexibility index (Phi) is 3.72. The summed E-state index contributed by atoms with van der Waals surface area (Å²) >= 11 is 0. The number of amides is 1. The number of nitrogens with zero attached hydrogens (tertiary/aromatic N) is 4. The minimum absolute atomic E-state index is 0.0917. The van der Waals surface area contributed by atoms with Crippen LogP contribution in [0.3, 0.4) is 0 Å². The van der Waals surface area contributed by atoms with Crippen molar-refractivity contribution in [3.05, 3.63) is 62.6 Å². The first-order valence-electron chi connectivity index (χ1n) is 7.20. The zero-order valence-electron chi connectivity index (χ0n) is 13.4. The molecule has 3 rings (SSSR count). The standard InChI is InChI=1S/C16H15N5O3/c1-9-5-4-6-12(17-9)19-14(22)11-8-7-10-13(18-11)20(2)16(24)21(3)15(10)23/h4-8H,1-3H3,(H,17,19,22). The molecular formula is C16H15N5O3. The fourth-order valence-corrected chi connectivity index (χ4v) is 2.37. The number of fused-ring (bicyclic) bond motifs is 1. The van der Waals surface area contributed by atoms with Crippen molar-refractivity contribution in [3.8, 4) is 0 Å². The zero-order valence-corrected chi connectivity index (χ0v) is 13.4. The predicted molar refractivity (Wildman–Crippen MR) is 89.2 cm³/mol. The minimum atomic E-state index is -0.502. The summed E-state index contributed by atoms with van der Waals surface area (Å²) in [5, 5.41) is 2.91. The lowest BCUT2D eigenvalue weighted by atomic mass is 10.2. The average molecular weight is 325 g/mol. The van der Waals surface area contributed by atoms with Crippen LogP contribution in [0.1, 0.15) is 16.2 Å². The first kappa shape index (κ1) is 15.6. The Bertz CT molecular complexity index is 1080. The lowest BCUT2D eigenvalue weighted by Gasteiger charge is -2.08. The molecular weight excluding hydrogens is 310 g/mol. The van der Waals surface area contributed by atoms with Crippen molar-refractivity contribution >= 4 is 22.8 Å².